The number of ether oxygens (including phenoxy) is 1. The average molecular weight is 466 g/mol. The molecule has 0 bridgehead atoms. The fraction of sp³-hybridized carbons (Fsp3) is 0.360. The number of carbonyl (C=O) groups is 2. The number of non-ortho nitro benzene ring substituents is 1. The zero-order chi connectivity index (χ0) is 24.6. The zero-order valence-electron chi connectivity index (χ0n) is 19.4. The van der Waals surface area contributed by atoms with E-state index in [1.54, 1.807) is 18.2 Å². The zero-order valence-corrected chi connectivity index (χ0v) is 19.4. The number of rotatable bonds is 7. The van der Waals surface area contributed by atoms with Crippen LogP contribution in [-0.4, -0.2) is 64.8 Å². The number of likely N-dealkylation sites (tertiary alicyclic amines) is 1. The summed E-state index contributed by atoms with van der Waals surface area (Å²) in [5.41, 5.74) is 1.75. The maximum atomic E-state index is 13.1. The van der Waals surface area contributed by atoms with Crippen LogP contribution in [0, 0.1) is 10.1 Å². The number of aliphatic hydroxyl groups is 1. The van der Waals surface area contributed by atoms with Crippen molar-refractivity contribution in [3.63, 3.8) is 0 Å². The number of nitro groups is 1. The quantitative estimate of drug-likeness (QED) is 0.219. The molecule has 178 valence electrons. The van der Waals surface area contributed by atoms with Crippen LogP contribution in [0.15, 0.2) is 48.0 Å². The molecule has 1 saturated heterocycles. The number of benzene rings is 2. The van der Waals surface area contributed by atoms with Crippen LogP contribution in [0.2, 0.25) is 0 Å². The minimum Gasteiger partial charge on any atom is -0.507 e. The third-order valence-corrected chi connectivity index (χ3v) is 6.13. The molecule has 4 rings (SSSR count). The minimum atomic E-state index is -0.841. The van der Waals surface area contributed by atoms with Crippen LogP contribution in [0.1, 0.15) is 36.1 Å². The largest absolute Gasteiger partial charge is 0.507 e. The van der Waals surface area contributed by atoms with Crippen LogP contribution in [0.25, 0.3) is 5.76 Å². The van der Waals surface area contributed by atoms with Gasteiger partial charge in [0.15, 0.2) is 0 Å². The van der Waals surface area contributed by atoms with Gasteiger partial charge in [0.2, 0.25) is 0 Å². The second-order valence-electron chi connectivity index (χ2n) is 8.95. The number of carbonyl (C=O) groups excluding carboxylic acids is 2. The van der Waals surface area contributed by atoms with Crippen molar-refractivity contribution >= 4 is 23.1 Å². The highest BCUT2D eigenvalue weighted by atomic mass is 16.6. The molecule has 2 aliphatic heterocycles. The van der Waals surface area contributed by atoms with Gasteiger partial charge in [-0.05, 0) is 75.4 Å². The van der Waals surface area contributed by atoms with Crippen molar-refractivity contribution in [2.24, 2.45) is 0 Å². The van der Waals surface area contributed by atoms with E-state index in [1.165, 1.54) is 29.2 Å². The van der Waals surface area contributed by atoms with Crippen LogP contribution < -0.4 is 4.74 Å². The Morgan fingerprint density at radius 3 is 2.56 bits per heavy atom. The van der Waals surface area contributed by atoms with Crippen molar-refractivity contribution in [2.75, 3.05) is 27.2 Å². The van der Waals surface area contributed by atoms with Gasteiger partial charge in [-0.25, -0.2) is 0 Å². The lowest BCUT2D eigenvalue weighted by Gasteiger charge is -2.26. The molecule has 34 heavy (non-hydrogen) atoms. The highest BCUT2D eigenvalue weighted by Gasteiger charge is 2.46. The van der Waals surface area contributed by atoms with E-state index < -0.39 is 22.7 Å². The van der Waals surface area contributed by atoms with E-state index in [0.29, 0.717) is 37.1 Å². The lowest BCUT2D eigenvalue weighted by atomic mass is 9.94. The molecule has 0 aliphatic carbocycles. The highest BCUT2D eigenvalue weighted by Crippen LogP contribution is 2.41. The maximum Gasteiger partial charge on any atom is 0.295 e. The predicted molar refractivity (Wildman–Crippen MR) is 126 cm³/mol. The summed E-state index contributed by atoms with van der Waals surface area (Å²) < 4.78 is 5.72. The Morgan fingerprint density at radius 1 is 1.21 bits per heavy atom. The Balaban J connectivity index is 1.78. The van der Waals surface area contributed by atoms with Gasteiger partial charge in [-0.3, -0.25) is 19.7 Å². The van der Waals surface area contributed by atoms with Crippen LogP contribution >= 0.6 is 0 Å². The third kappa shape index (κ3) is 4.38. The third-order valence-electron chi connectivity index (χ3n) is 6.13. The first kappa shape index (κ1) is 23.4. The fourth-order valence-electron chi connectivity index (χ4n) is 4.52. The molecule has 1 amide bonds. The summed E-state index contributed by atoms with van der Waals surface area (Å²) in [5, 5.41) is 22.3. The second kappa shape index (κ2) is 9.26. The van der Waals surface area contributed by atoms with Crippen molar-refractivity contribution in [2.45, 2.75) is 31.9 Å². The molecule has 1 N–H and O–H groups in total. The molecular weight excluding hydrogens is 438 g/mol. The van der Waals surface area contributed by atoms with Crippen molar-refractivity contribution in [1.82, 2.24) is 9.80 Å². The lowest BCUT2D eigenvalue weighted by Crippen LogP contribution is -2.32. The molecule has 0 saturated carbocycles. The van der Waals surface area contributed by atoms with Gasteiger partial charge in [-0.15, -0.1) is 0 Å². The number of hydrogen-bond donors (Lipinski definition) is 1. The van der Waals surface area contributed by atoms with E-state index >= 15 is 0 Å². The van der Waals surface area contributed by atoms with E-state index in [-0.39, 0.29) is 23.1 Å². The summed E-state index contributed by atoms with van der Waals surface area (Å²) in [6.07, 6.45) is 1.33. The molecular formula is C25H27N3O6. The summed E-state index contributed by atoms with van der Waals surface area (Å²) in [6, 6.07) is 10.1. The van der Waals surface area contributed by atoms with Crippen molar-refractivity contribution in [3.05, 3.63) is 74.8 Å². The predicted octanol–water partition coefficient (Wildman–Crippen LogP) is 3.29. The molecule has 2 unspecified atom stereocenters. The fourth-order valence-corrected chi connectivity index (χ4v) is 4.52. The first-order valence-electron chi connectivity index (χ1n) is 11.1. The van der Waals surface area contributed by atoms with Gasteiger partial charge in [-0.2, -0.15) is 0 Å². The van der Waals surface area contributed by atoms with Gasteiger partial charge in [0.25, 0.3) is 17.4 Å². The number of fused-ring (bicyclic) bond motifs is 1. The van der Waals surface area contributed by atoms with E-state index in [0.717, 1.165) is 11.3 Å². The number of nitro benzene ring substituents is 1. The molecule has 0 aromatic heterocycles. The SMILES string of the molecule is CC1Cc2cc(/C(O)=C3\C(=O)C(=O)N(CCCN(C)C)C3c3ccc([N+](=O)[O-])cc3)ccc2O1. The Labute approximate surface area is 197 Å². The average Bonchev–Trinajstić information content (AvgIpc) is 3.29. The summed E-state index contributed by atoms with van der Waals surface area (Å²) in [7, 11) is 3.83. The second-order valence-corrected chi connectivity index (χ2v) is 8.95. The molecule has 2 aromatic rings. The van der Waals surface area contributed by atoms with Crippen LogP contribution in [-0.2, 0) is 16.0 Å². The van der Waals surface area contributed by atoms with Crippen LogP contribution in [0.4, 0.5) is 5.69 Å². The molecule has 2 heterocycles. The summed E-state index contributed by atoms with van der Waals surface area (Å²) in [6.45, 7) is 2.96. The minimum absolute atomic E-state index is 0.0179. The molecule has 0 radical (unpaired) electrons. The first-order valence-corrected chi connectivity index (χ1v) is 11.1. The van der Waals surface area contributed by atoms with Gasteiger partial charge >= 0.3 is 0 Å². The molecule has 2 atom stereocenters. The number of ketones is 1. The molecule has 9 nitrogen and oxygen atoms in total. The van der Waals surface area contributed by atoms with Gasteiger partial charge in [0.1, 0.15) is 17.6 Å². The number of aliphatic hydroxyl groups excluding tert-OH is 1. The van der Waals surface area contributed by atoms with E-state index in [4.69, 9.17) is 4.74 Å². The Bertz CT molecular complexity index is 1170. The van der Waals surface area contributed by atoms with Crippen LogP contribution in [0.3, 0.4) is 0 Å². The van der Waals surface area contributed by atoms with E-state index in [9.17, 15) is 24.8 Å². The van der Waals surface area contributed by atoms with E-state index in [1.807, 2.05) is 25.9 Å². The van der Waals surface area contributed by atoms with Crippen molar-refractivity contribution in [1.29, 1.82) is 0 Å². The van der Waals surface area contributed by atoms with Gasteiger partial charge in [0, 0.05) is 30.7 Å². The number of Topliss-reactive ketones (excluding diaryl/α,β-unsaturated/α-hetero) is 1. The highest BCUT2D eigenvalue weighted by molar-refractivity contribution is 6.46. The van der Waals surface area contributed by atoms with Crippen molar-refractivity contribution in [3.8, 4) is 5.75 Å². The monoisotopic (exact) mass is 465 g/mol. The molecule has 2 aliphatic rings. The summed E-state index contributed by atoms with van der Waals surface area (Å²) in [4.78, 5) is 40.1. The summed E-state index contributed by atoms with van der Waals surface area (Å²) in [5.74, 6) is -0.989. The van der Waals surface area contributed by atoms with E-state index in [2.05, 4.69) is 0 Å². The number of amides is 1. The molecule has 2 aromatic carbocycles. The Morgan fingerprint density at radius 2 is 1.91 bits per heavy atom. The summed E-state index contributed by atoms with van der Waals surface area (Å²) >= 11 is 0. The topological polar surface area (TPSA) is 113 Å². The Hall–Kier alpha value is -3.72. The molecule has 9 heteroatoms. The van der Waals surface area contributed by atoms with Gasteiger partial charge in [0.05, 0.1) is 16.5 Å². The smallest absolute Gasteiger partial charge is 0.295 e. The van der Waals surface area contributed by atoms with Gasteiger partial charge < -0.3 is 19.6 Å². The first-order chi connectivity index (χ1) is 16.2. The number of hydrogen-bond acceptors (Lipinski definition) is 7. The van der Waals surface area contributed by atoms with Gasteiger partial charge in [-0.1, -0.05) is 0 Å². The molecule has 1 fully saturated rings. The lowest BCUT2D eigenvalue weighted by molar-refractivity contribution is -0.384. The molecule has 0 spiro atoms. The number of nitrogens with zero attached hydrogens (tertiary/aromatic N) is 3. The van der Waals surface area contributed by atoms with Crippen molar-refractivity contribution < 1.29 is 24.4 Å². The van der Waals surface area contributed by atoms with Crippen LogP contribution in [0.5, 0.6) is 5.75 Å². The Kier molecular flexibility index (Phi) is 6.39. The maximum absolute atomic E-state index is 13.1. The normalized spacial score (nSPS) is 21.1. The standard InChI is InChI=1S/C25H27N3O6/c1-15-13-18-14-17(7-10-20(18)34-15)23(29)21-22(16-5-8-19(9-6-16)28(32)33)27(25(31)24(21)30)12-4-11-26(2)3/h5-10,14-15,22,29H,4,11-13H2,1-3H3/b23-21+.